The zero-order valence-electron chi connectivity index (χ0n) is 30.7. The largest absolute Gasteiger partial charge is 0.341 e. The summed E-state index contributed by atoms with van der Waals surface area (Å²) in [6.45, 7) is 11.3. The number of anilines is 3. The maximum atomic E-state index is 15.7. The number of nitrogens with one attached hydrogen (secondary N) is 2. The summed E-state index contributed by atoms with van der Waals surface area (Å²) < 4.78 is 60.2. The average molecular weight is 732 g/mol. The predicted molar refractivity (Wildman–Crippen MR) is 196 cm³/mol. The van der Waals surface area contributed by atoms with E-state index in [0.717, 1.165) is 43.2 Å². The number of carbonyl (C=O) groups excluding carboxylic acids is 2. The molecule has 4 aromatic rings. The molecule has 4 aliphatic rings. The Bertz CT molecular complexity index is 2130. The molecule has 2 aliphatic heterocycles. The number of pyridine rings is 1. The lowest BCUT2D eigenvalue weighted by molar-refractivity contribution is -0.123. The van der Waals surface area contributed by atoms with Gasteiger partial charge in [-0.2, -0.15) is 0 Å². The van der Waals surface area contributed by atoms with Crippen molar-refractivity contribution < 1.29 is 27.2 Å². The molecule has 13 heteroatoms. The van der Waals surface area contributed by atoms with E-state index in [-0.39, 0.29) is 53.5 Å². The lowest BCUT2D eigenvalue weighted by Gasteiger charge is -2.48. The van der Waals surface area contributed by atoms with Gasteiger partial charge in [-0.3, -0.25) is 9.59 Å². The van der Waals surface area contributed by atoms with E-state index >= 15 is 8.78 Å². The van der Waals surface area contributed by atoms with Gasteiger partial charge in [-0.05, 0) is 110 Å². The summed E-state index contributed by atoms with van der Waals surface area (Å²) in [6.07, 6.45) is 4.64. The first-order chi connectivity index (χ1) is 25.2. The van der Waals surface area contributed by atoms with Gasteiger partial charge in [-0.15, -0.1) is 0 Å². The Kier molecular flexibility index (Phi) is 8.58. The van der Waals surface area contributed by atoms with Gasteiger partial charge in [0, 0.05) is 40.5 Å². The Balaban J connectivity index is 1.17. The summed E-state index contributed by atoms with van der Waals surface area (Å²) in [5.74, 6) is -3.17. The average Bonchev–Trinajstić information content (AvgIpc) is 3.72. The lowest BCUT2D eigenvalue weighted by atomic mass is 9.82. The fraction of sp³-hybridized carbons (Fsp3) is 0.500. The van der Waals surface area contributed by atoms with Crippen LogP contribution in [0.3, 0.4) is 0 Å². The number of imidazole rings is 1. The molecule has 280 valence electrons. The molecular weight excluding hydrogens is 686 g/mol. The van der Waals surface area contributed by atoms with Crippen LogP contribution in [0.5, 0.6) is 0 Å². The van der Waals surface area contributed by atoms with E-state index in [2.05, 4.69) is 20.5 Å². The number of amides is 2. The second-order valence-corrected chi connectivity index (χ2v) is 16.1. The molecule has 0 unspecified atom stereocenters. The predicted octanol–water partition coefficient (Wildman–Crippen LogP) is 8.18. The van der Waals surface area contributed by atoms with E-state index in [1.165, 1.54) is 26.2 Å². The van der Waals surface area contributed by atoms with E-state index in [1.54, 1.807) is 6.33 Å². The standard InChI is InChI=1S/C40H45F4N7O2/c1-21(2)50-20-45-30-19-28(23-9-10-27-31(15-23)51(38(53)39(27,4)5)25-16-24(17-25)49-13-7-6-8-14-49)46-35(34(30)50)47-29-18-26(22(3)32(41)33(29)42)36(52)48-40(11-12-40)37(43)44/h9-10,15,18-21,24-25,37H,6-8,11-14,16-17H2,1-5H3,(H,46,47)(H,48,52). The van der Waals surface area contributed by atoms with Crippen molar-refractivity contribution in [3.05, 3.63) is 65.0 Å². The molecule has 2 aromatic heterocycles. The van der Waals surface area contributed by atoms with Crippen molar-refractivity contribution in [2.24, 2.45) is 0 Å². The SMILES string of the molecule is Cc1c(C(=O)NC2(C(F)F)CC2)cc(Nc2nc(-c3ccc4c(c3)N(C3CC(N5CCCCC5)C3)C(=O)C4(C)C)cc3ncn(C(C)C)c23)c(F)c1F. The summed E-state index contributed by atoms with van der Waals surface area (Å²) in [4.78, 5) is 41.2. The normalized spacial score (nSPS) is 22.0. The number of likely N-dealkylation sites (tertiary alicyclic amines) is 1. The van der Waals surface area contributed by atoms with Gasteiger partial charge in [0.05, 0.1) is 28.6 Å². The molecule has 4 heterocycles. The van der Waals surface area contributed by atoms with Crippen molar-refractivity contribution >= 4 is 40.0 Å². The maximum absolute atomic E-state index is 15.7. The van der Waals surface area contributed by atoms with Gasteiger partial charge in [0.2, 0.25) is 5.91 Å². The molecule has 0 bridgehead atoms. The number of piperidine rings is 1. The molecule has 9 nitrogen and oxygen atoms in total. The Hall–Kier alpha value is -4.52. The number of hydrogen-bond donors (Lipinski definition) is 2. The first kappa shape index (κ1) is 35.5. The highest BCUT2D eigenvalue weighted by Crippen LogP contribution is 2.48. The number of hydrogen-bond acceptors (Lipinski definition) is 6. The number of carbonyl (C=O) groups is 2. The number of nitrogens with zero attached hydrogens (tertiary/aromatic N) is 5. The van der Waals surface area contributed by atoms with E-state index in [4.69, 9.17) is 4.98 Å². The lowest BCUT2D eigenvalue weighted by Crippen LogP contribution is -2.57. The first-order valence-electron chi connectivity index (χ1n) is 18.7. The van der Waals surface area contributed by atoms with Gasteiger partial charge in [0.25, 0.3) is 12.3 Å². The number of fused-ring (bicyclic) bond motifs is 2. The third-order valence-electron chi connectivity index (χ3n) is 12.0. The molecule has 2 aliphatic carbocycles. The molecule has 2 aromatic carbocycles. The Labute approximate surface area is 306 Å². The van der Waals surface area contributed by atoms with E-state index < -0.39 is 34.9 Å². The molecule has 2 N–H and O–H groups in total. The summed E-state index contributed by atoms with van der Waals surface area (Å²) in [7, 11) is 0. The number of rotatable bonds is 9. The van der Waals surface area contributed by atoms with Crippen LogP contribution in [-0.2, 0) is 10.2 Å². The quantitative estimate of drug-likeness (QED) is 0.169. The molecule has 2 saturated carbocycles. The number of benzene rings is 2. The van der Waals surface area contributed by atoms with Crippen molar-refractivity contribution in [1.82, 2.24) is 24.8 Å². The number of aromatic nitrogens is 3. The van der Waals surface area contributed by atoms with Crippen LogP contribution in [0.4, 0.5) is 34.8 Å². The third-order valence-corrected chi connectivity index (χ3v) is 12.0. The Morgan fingerprint density at radius 1 is 0.981 bits per heavy atom. The third kappa shape index (κ3) is 5.86. The Morgan fingerprint density at radius 2 is 1.70 bits per heavy atom. The van der Waals surface area contributed by atoms with Gasteiger partial charge in [0.15, 0.2) is 17.5 Å². The molecule has 0 spiro atoms. The van der Waals surface area contributed by atoms with Crippen LogP contribution in [0.1, 0.15) is 100 Å². The highest BCUT2D eigenvalue weighted by Gasteiger charge is 2.53. The summed E-state index contributed by atoms with van der Waals surface area (Å²) in [6, 6.07) is 9.34. The molecule has 3 fully saturated rings. The fourth-order valence-corrected chi connectivity index (χ4v) is 8.34. The maximum Gasteiger partial charge on any atom is 0.261 e. The van der Waals surface area contributed by atoms with Crippen molar-refractivity contribution in [3.8, 4) is 11.3 Å². The highest BCUT2D eigenvalue weighted by molar-refractivity contribution is 6.09. The minimum absolute atomic E-state index is 0.0729. The van der Waals surface area contributed by atoms with Crippen molar-refractivity contribution in [2.45, 2.75) is 115 Å². The minimum atomic E-state index is -2.79. The topological polar surface area (TPSA) is 95.4 Å². The van der Waals surface area contributed by atoms with Gasteiger partial charge in [0.1, 0.15) is 11.1 Å². The zero-order chi connectivity index (χ0) is 37.6. The summed E-state index contributed by atoms with van der Waals surface area (Å²) >= 11 is 0. The number of halogens is 4. The van der Waals surface area contributed by atoms with E-state index in [1.807, 2.05) is 61.4 Å². The van der Waals surface area contributed by atoms with Gasteiger partial charge in [-0.25, -0.2) is 27.5 Å². The van der Waals surface area contributed by atoms with Crippen LogP contribution in [0.2, 0.25) is 0 Å². The zero-order valence-corrected chi connectivity index (χ0v) is 30.7. The van der Waals surface area contributed by atoms with Crippen LogP contribution in [0.25, 0.3) is 22.3 Å². The second-order valence-electron chi connectivity index (χ2n) is 16.1. The molecule has 53 heavy (non-hydrogen) atoms. The van der Waals surface area contributed by atoms with Gasteiger partial charge in [-0.1, -0.05) is 18.6 Å². The molecular formula is C40H45F4N7O2. The van der Waals surface area contributed by atoms with E-state index in [0.29, 0.717) is 28.3 Å². The number of alkyl halides is 2. The molecule has 2 amide bonds. The molecule has 0 radical (unpaired) electrons. The van der Waals surface area contributed by atoms with Gasteiger partial charge < -0.3 is 25.0 Å². The Morgan fingerprint density at radius 3 is 2.36 bits per heavy atom. The minimum Gasteiger partial charge on any atom is -0.341 e. The smallest absolute Gasteiger partial charge is 0.261 e. The van der Waals surface area contributed by atoms with Crippen LogP contribution in [0, 0.1) is 18.6 Å². The van der Waals surface area contributed by atoms with Crippen LogP contribution < -0.4 is 15.5 Å². The monoisotopic (exact) mass is 731 g/mol. The first-order valence-corrected chi connectivity index (χ1v) is 18.7. The van der Waals surface area contributed by atoms with Gasteiger partial charge >= 0.3 is 0 Å². The fourth-order valence-electron chi connectivity index (χ4n) is 8.34. The van der Waals surface area contributed by atoms with Crippen LogP contribution >= 0.6 is 0 Å². The summed E-state index contributed by atoms with van der Waals surface area (Å²) in [5, 5.41) is 5.28. The summed E-state index contributed by atoms with van der Waals surface area (Å²) in [5.41, 5.74) is 0.799. The van der Waals surface area contributed by atoms with Crippen molar-refractivity contribution in [2.75, 3.05) is 23.3 Å². The molecule has 1 saturated heterocycles. The molecule has 8 rings (SSSR count). The van der Waals surface area contributed by atoms with E-state index in [9.17, 15) is 18.4 Å². The second kappa shape index (κ2) is 12.8. The van der Waals surface area contributed by atoms with Crippen molar-refractivity contribution in [1.29, 1.82) is 0 Å². The van der Waals surface area contributed by atoms with Crippen LogP contribution in [-0.4, -0.2) is 68.4 Å². The van der Waals surface area contributed by atoms with Crippen molar-refractivity contribution in [3.63, 3.8) is 0 Å². The highest BCUT2D eigenvalue weighted by atomic mass is 19.3. The van der Waals surface area contributed by atoms with Crippen LogP contribution in [0.15, 0.2) is 36.7 Å². The molecule has 0 atom stereocenters.